The summed E-state index contributed by atoms with van der Waals surface area (Å²) < 4.78 is 0. The third-order valence-electron chi connectivity index (χ3n) is 3.05. The van der Waals surface area contributed by atoms with Crippen LogP contribution in [0.1, 0.15) is 51.9 Å². The SMILES string of the molecule is CC(=O)CCC(=O)NCCC1CCCC1. The van der Waals surface area contributed by atoms with E-state index in [4.69, 9.17) is 0 Å². The summed E-state index contributed by atoms with van der Waals surface area (Å²) in [6.45, 7) is 2.30. The highest BCUT2D eigenvalue weighted by atomic mass is 16.2. The Bertz CT molecular complexity index is 220. The van der Waals surface area contributed by atoms with Crippen molar-refractivity contribution >= 4 is 11.7 Å². The van der Waals surface area contributed by atoms with E-state index in [2.05, 4.69) is 5.32 Å². The number of ketones is 1. The molecule has 0 aliphatic heterocycles. The lowest BCUT2D eigenvalue weighted by molar-refractivity contribution is -0.124. The predicted molar refractivity (Wildman–Crippen MR) is 59.5 cm³/mol. The van der Waals surface area contributed by atoms with Gasteiger partial charge in [0.1, 0.15) is 5.78 Å². The molecular weight excluding hydrogens is 190 g/mol. The predicted octanol–water partition coefficient (Wildman–Crippen LogP) is 2.05. The van der Waals surface area contributed by atoms with Gasteiger partial charge in [0.2, 0.25) is 5.91 Å². The maximum Gasteiger partial charge on any atom is 0.220 e. The van der Waals surface area contributed by atoms with Crippen LogP contribution in [0.2, 0.25) is 0 Å². The van der Waals surface area contributed by atoms with Crippen molar-refractivity contribution in [2.75, 3.05) is 6.54 Å². The second-order valence-electron chi connectivity index (χ2n) is 4.49. The first-order valence-corrected chi connectivity index (χ1v) is 5.94. The van der Waals surface area contributed by atoms with Gasteiger partial charge in [-0.25, -0.2) is 0 Å². The fraction of sp³-hybridized carbons (Fsp3) is 0.833. The molecule has 0 aromatic heterocycles. The Labute approximate surface area is 91.6 Å². The van der Waals surface area contributed by atoms with Crippen molar-refractivity contribution in [1.29, 1.82) is 0 Å². The van der Waals surface area contributed by atoms with Gasteiger partial charge in [-0.3, -0.25) is 4.79 Å². The van der Waals surface area contributed by atoms with Crippen molar-refractivity contribution in [1.82, 2.24) is 5.32 Å². The lowest BCUT2D eigenvalue weighted by atomic mass is 10.0. The highest BCUT2D eigenvalue weighted by Crippen LogP contribution is 2.26. The number of carbonyl (C=O) groups excluding carboxylic acids is 2. The summed E-state index contributed by atoms with van der Waals surface area (Å²) in [4.78, 5) is 21.9. The quantitative estimate of drug-likeness (QED) is 0.731. The monoisotopic (exact) mass is 211 g/mol. The van der Waals surface area contributed by atoms with Gasteiger partial charge in [-0.2, -0.15) is 0 Å². The molecule has 0 saturated heterocycles. The molecule has 3 nitrogen and oxygen atoms in total. The van der Waals surface area contributed by atoms with Gasteiger partial charge < -0.3 is 10.1 Å². The van der Waals surface area contributed by atoms with Crippen molar-refractivity contribution in [2.24, 2.45) is 5.92 Å². The van der Waals surface area contributed by atoms with Crippen LogP contribution in [0.3, 0.4) is 0 Å². The van der Waals surface area contributed by atoms with Crippen molar-refractivity contribution in [3.63, 3.8) is 0 Å². The largest absolute Gasteiger partial charge is 0.356 e. The van der Waals surface area contributed by atoms with Crippen LogP contribution in [-0.2, 0) is 9.59 Å². The van der Waals surface area contributed by atoms with Crippen LogP contribution < -0.4 is 5.32 Å². The molecule has 0 unspecified atom stereocenters. The maximum absolute atomic E-state index is 11.3. The number of rotatable bonds is 6. The zero-order valence-corrected chi connectivity index (χ0v) is 9.55. The molecule has 0 atom stereocenters. The lowest BCUT2D eigenvalue weighted by Crippen LogP contribution is -2.25. The number of hydrogen-bond donors (Lipinski definition) is 1. The fourth-order valence-corrected chi connectivity index (χ4v) is 2.09. The summed E-state index contributed by atoms with van der Waals surface area (Å²) >= 11 is 0. The molecule has 86 valence electrons. The summed E-state index contributed by atoms with van der Waals surface area (Å²) in [5, 5.41) is 2.87. The zero-order valence-electron chi connectivity index (χ0n) is 9.55. The second kappa shape index (κ2) is 6.59. The normalized spacial score (nSPS) is 16.6. The van der Waals surface area contributed by atoms with Gasteiger partial charge in [-0.1, -0.05) is 25.7 Å². The van der Waals surface area contributed by atoms with E-state index in [0.29, 0.717) is 12.8 Å². The van der Waals surface area contributed by atoms with Crippen LogP contribution in [0.4, 0.5) is 0 Å². The molecule has 0 spiro atoms. The van der Waals surface area contributed by atoms with Gasteiger partial charge in [-0.15, -0.1) is 0 Å². The fourth-order valence-electron chi connectivity index (χ4n) is 2.09. The van der Waals surface area contributed by atoms with E-state index in [1.165, 1.54) is 32.6 Å². The number of amides is 1. The highest BCUT2D eigenvalue weighted by Gasteiger charge is 2.14. The summed E-state index contributed by atoms with van der Waals surface area (Å²) in [5.41, 5.74) is 0. The molecular formula is C12H21NO2. The number of carbonyl (C=O) groups is 2. The van der Waals surface area contributed by atoms with E-state index in [0.717, 1.165) is 18.9 Å². The average Bonchev–Trinajstić information content (AvgIpc) is 2.67. The second-order valence-corrected chi connectivity index (χ2v) is 4.49. The van der Waals surface area contributed by atoms with Gasteiger partial charge in [0.25, 0.3) is 0 Å². The Kier molecular flexibility index (Phi) is 5.37. The maximum atomic E-state index is 11.3. The Morgan fingerprint density at radius 3 is 2.47 bits per heavy atom. The van der Waals surface area contributed by atoms with Crippen molar-refractivity contribution < 1.29 is 9.59 Å². The molecule has 1 rings (SSSR count). The first kappa shape index (κ1) is 12.2. The summed E-state index contributed by atoms with van der Waals surface area (Å²) in [6.07, 6.45) is 7.17. The number of Topliss-reactive ketones (excluding diaryl/α,β-unsaturated/α-hetero) is 1. The molecule has 0 aromatic rings. The van der Waals surface area contributed by atoms with E-state index in [-0.39, 0.29) is 11.7 Å². The van der Waals surface area contributed by atoms with E-state index < -0.39 is 0 Å². The first-order chi connectivity index (χ1) is 7.18. The third kappa shape index (κ3) is 5.55. The highest BCUT2D eigenvalue weighted by molar-refractivity contribution is 5.83. The Balaban J connectivity index is 1.98. The minimum Gasteiger partial charge on any atom is -0.356 e. The van der Waals surface area contributed by atoms with Crippen LogP contribution in [0.25, 0.3) is 0 Å². The van der Waals surface area contributed by atoms with Crippen molar-refractivity contribution in [2.45, 2.75) is 51.9 Å². The van der Waals surface area contributed by atoms with E-state index in [1.54, 1.807) is 0 Å². The van der Waals surface area contributed by atoms with Gasteiger partial charge in [0.05, 0.1) is 0 Å². The van der Waals surface area contributed by atoms with Crippen molar-refractivity contribution in [3.8, 4) is 0 Å². The van der Waals surface area contributed by atoms with Crippen molar-refractivity contribution in [3.05, 3.63) is 0 Å². The minimum absolute atomic E-state index is 0.0168. The third-order valence-corrected chi connectivity index (χ3v) is 3.05. The Morgan fingerprint density at radius 2 is 1.87 bits per heavy atom. The molecule has 1 aliphatic carbocycles. The Morgan fingerprint density at radius 1 is 1.20 bits per heavy atom. The molecule has 1 saturated carbocycles. The van der Waals surface area contributed by atoms with Gasteiger partial charge >= 0.3 is 0 Å². The average molecular weight is 211 g/mol. The molecule has 15 heavy (non-hydrogen) atoms. The first-order valence-electron chi connectivity index (χ1n) is 5.94. The molecule has 1 N–H and O–H groups in total. The van der Waals surface area contributed by atoms with Crippen LogP contribution in [0.15, 0.2) is 0 Å². The van der Waals surface area contributed by atoms with E-state index in [9.17, 15) is 9.59 Å². The molecule has 1 fully saturated rings. The molecule has 0 heterocycles. The summed E-state index contributed by atoms with van der Waals surface area (Å²) in [7, 11) is 0. The van der Waals surface area contributed by atoms with Gasteiger partial charge in [0.15, 0.2) is 0 Å². The smallest absolute Gasteiger partial charge is 0.220 e. The van der Waals surface area contributed by atoms with E-state index in [1.807, 2.05) is 0 Å². The minimum atomic E-state index is 0.0168. The van der Waals surface area contributed by atoms with Crippen LogP contribution in [0.5, 0.6) is 0 Å². The lowest BCUT2D eigenvalue weighted by Gasteiger charge is -2.09. The molecule has 1 amide bonds. The summed E-state index contributed by atoms with van der Waals surface area (Å²) in [5.74, 6) is 0.919. The van der Waals surface area contributed by atoms with Gasteiger partial charge in [0, 0.05) is 19.4 Å². The number of hydrogen-bond acceptors (Lipinski definition) is 2. The van der Waals surface area contributed by atoms with Gasteiger partial charge in [-0.05, 0) is 19.3 Å². The molecule has 0 aromatic carbocycles. The topological polar surface area (TPSA) is 46.2 Å². The molecule has 1 aliphatic rings. The van der Waals surface area contributed by atoms with Crippen LogP contribution in [-0.4, -0.2) is 18.2 Å². The molecule has 0 radical (unpaired) electrons. The summed E-state index contributed by atoms with van der Waals surface area (Å²) in [6, 6.07) is 0. The standard InChI is InChI=1S/C12H21NO2/c1-10(14)6-7-12(15)13-9-8-11-4-2-3-5-11/h11H,2-9H2,1H3,(H,13,15). The molecule has 0 bridgehead atoms. The van der Waals surface area contributed by atoms with Crippen LogP contribution in [0, 0.1) is 5.92 Å². The molecule has 3 heteroatoms. The number of nitrogens with one attached hydrogen (secondary N) is 1. The Hall–Kier alpha value is -0.860. The van der Waals surface area contributed by atoms with Crippen LogP contribution >= 0.6 is 0 Å². The van der Waals surface area contributed by atoms with E-state index >= 15 is 0 Å². The zero-order chi connectivity index (χ0) is 11.1.